The number of hydrogen-bond acceptors (Lipinski definition) is 3. The fraction of sp³-hybridized carbons (Fsp3) is 0.333. The molecule has 0 bridgehead atoms. The van der Waals surface area contributed by atoms with Crippen LogP contribution in [0.2, 0.25) is 5.15 Å². The molecular weight excluding hydrogens is 272 g/mol. The lowest BCUT2D eigenvalue weighted by Gasteiger charge is -2.21. The van der Waals surface area contributed by atoms with Crippen LogP contribution in [0.5, 0.6) is 0 Å². The topological polar surface area (TPSA) is 55.1 Å². The third kappa shape index (κ3) is 1.83. The van der Waals surface area contributed by atoms with Gasteiger partial charge >= 0.3 is 5.97 Å². The van der Waals surface area contributed by atoms with Crippen molar-refractivity contribution in [1.82, 2.24) is 9.55 Å². The third-order valence-electron chi connectivity index (χ3n) is 3.26. The summed E-state index contributed by atoms with van der Waals surface area (Å²) in [6.45, 7) is 0.666. The van der Waals surface area contributed by atoms with E-state index in [1.165, 1.54) is 0 Å². The first-order valence-electron chi connectivity index (χ1n) is 5.68. The maximum atomic E-state index is 11.0. The predicted octanol–water partition coefficient (Wildman–Crippen LogP) is 2.91. The summed E-state index contributed by atoms with van der Waals surface area (Å²) in [6, 6.07) is 3.97. The van der Waals surface area contributed by atoms with Crippen LogP contribution in [0.3, 0.4) is 0 Å². The smallest absolute Gasteiger partial charge is 0.306 e. The Balaban J connectivity index is 2.03. The molecule has 2 aromatic heterocycles. The van der Waals surface area contributed by atoms with Crippen molar-refractivity contribution in [1.29, 1.82) is 0 Å². The van der Waals surface area contributed by atoms with Crippen molar-refractivity contribution in [3.8, 4) is 10.7 Å². The molecule has 0 saturated heterocycles. The fourth-order valence-corrected chi connectivity index (χ4v) is 3.30. The fourth-order valence-electron chi connectivity index (χ4n) is 2.32. The molecule has 0 radical (unpaired) electrons. The molecule has 3 rings (SSSR count). The van der Waals surface area contributed by atoms with Crippen LogP contribution in [0.15, 0.2) is 17.5 Å². The molecule has 18 heavy (non-hydrogen) atoms. The zero-order valence-corrected chi connectivity index (χ0v) is 11.0. The van der Waals surface area contributed by atoms with Crippen molar-refractivity contribution in [2.45, 2.75) is 19.4 Å². The van der Waals surface area contributed by atoms with Gasteiger partial charge in [0, 0.05) is 13.0 Å². The second-order valence-corrected chi connectivity index (χ2v) is 5.64. The minimum absolute atomic E-state index is 0.345. The number of imidazole rings is 1. The third-order valence-corrected chi connectivity index (χ3v) is 4.42. The number of hydrogen-bond donors (Lipinski definition) is 1. The van der Waals surface area contributed by atoms with E-state index in [0.29, 0.717) is 24.5 Å². The average Bonchev–Trinajstić information content (AvgIpc) is 2.97. The molecule has 0 fully saturated rings. The van der Waals surface area contributed by atoms with Crippen molar-refractivity contribution in [3.63, 3.8) is 0 Å². The maximum Gasteiger partial charge on any atom is 0.306 e. The molecule has 1 atom stereocenters. The Morgan fingerprint density at radius 1 is 1.61 bits per heavy atom. The standard InChI is InChI=1S/C12H11ClN2O2S/c13-10-8-6-7(12(16)17)3-4-15(8)11(14-10)9-2-1-5-18-9/h1-2,5,7H,3-4,6H2,(H,16,17). The van der Waals surface area contributed by atoms with E-state index < -0.39 is 5.97 Å². The summed E-state index contributed by atoms with van der Waals surface area (Å²) in [4.78, 5) is 16.5. The highest BCUT2D eigenvalue weighted by molar-refractivity contribution is 7.13. The van der Waals surface area contributed by atoms with Crippen LogP contribution in [0.4, 0.5) is 0 Å². The molecule has 0 aromatic carbocycles. The van der Waals surface area contributed by atoms with Gasteiger partial charge in [-0.3, -0.25) is 4.79 Å². The monoisotopic (exact) mass is 282 g/mol. The minimum atomic E-state index is -0.754. The predicted molar refractivity (Wildman–Crippen MR) is 70.0 cm³/mol. The van der Waals surface area contributed by atoms with Crippen molar-refractivity contribution in [3.05, 3.63) is 28.4 Å². The number of carboxylic acid groups (broad SMARTS) is 1. The Morgan fingerprint density at radius 3 is 3.11 bits per heavy atom. The second kappa shape index (κ2) is 4.40. The lowest BCUT2D eigenvalue weighted by molar-refractivity contribution is -0.142. The maximum absolute atomic E-state index is 11.0. The van der Waals surface area contributed by atoms with E-state index in [1.54, 1.807) is 11.3 Å². The van der Waals surface area contributed by atoms with Gasteiger partial charge in [-0.25, -0.2) is 4.98 Å². The van der Waals surface area contributed by atoms with E-state index in [4.69, 9.17) is 16.7 Å². The molecule has 6 heteroatoms. The van der Waals surface area contributed by atoms with Gasteiger partial charge in [-0.2, -0.15) is 0 Å². The molecule has 0 aliphatic carbocycles. The van der Waals surface area contributed by atoms with E-state index in [9.17, 15) is 4.79 Å². The zero-order valence-electron chi connectivity index (χ0n) is 9.47. The first-order chi connectivity index (χ1) is 8.66. The van der Waals surface area contributed by atoms with Gasteiger partial charge in [0.25, 0.3) is 0 Å². The van der Waals surface area contributed by atoms with Crippen LogP contribution in [0.1, 0.15) is 12.1 Å². The summed E-state index contributed by atoms with van der Waals surface area (Å²) >= 11 is 7.74. The highest BCUT2D eigenvalue weighted by Gasteiger charge is 2.29. The van der Waals surface area contributed by atoms with Gasteiger partial charge in [-0.05, 0) is 17.9 Å². The number of aromatic nitrogens is 2. The van der Waals surface area contributed by atoms with Crippen molar-refractivity contribution in [2.24, 2.45) is 5.92 Å². The van der Waals surface area contributed by atoms with E-state index in [-0.39, 0.29) is 5.92 Å². The number of rotatable bonds is 2. The van der Waals surface area contributed by atoms with E-state index in [2.05, 4.69) is 4.98 Å². The highest BCUT2D eigenvalue weighted by Crippen LogP contribution is 2.33. The first-order valence-corrected chi connectivity index (χ1v) is 6.94. The summed E-state index contributed by atoms with van der Waals surface area (Å²) in [7, 11) is 0. The largest absolute Gasteiger partial charge is 0.481 e. The molecule has 0 spiro atoms. The number of halogens is 1. The molecule has 1 unspecified atom stereocenters. The quantitative estimate of drug-likeness (QED) is 0.921. The van der Waals surface area contributed by atoms with Gasteiger partial charge in [-0.1, -0.05) is 17.7 Å². The lowest BCUT2D eigenvalue weighted by atomic mass is 9.96. The molecule has 4 nitrogen and oxygen atoms in total. The van der Waals surface area contributed by atoms with Crippen LogP contribution in [0, 0.1) is 5.92 Å². The van der Waals surface area contributed by atoms with Gasteiger partial charge in [0.1, 0.15) is 0 Å². The molecule has 1 aliphatic heterocycles. The summed E-state index contributed by atoms with van der Waals surface area (Å²) in [5.41, 5.74) is 0.846. The summed E-state index contributed by atoms with van der Waals surface area (Å²) in [5, 5.41) is 11.5. The highest BCUT2D eigenvalue weighted by atomic mass is 35.5. The molecule has 0 amide bonds. The SMILES string of the molecule is O=C(O)C1CCn2c(-c3cccs3)nc(Cl)c2C1. The van der Waals surface area contributed by atoms with Crippen LogP contribution in [-0.4, -0.2) is 20.6 Å². The number of carboxylic acids is 1. The molecule has 3 heterocycles. The Hall–Kier alpha value is -1.33. The molecular formula is C12H11ClN2O2S. The van der Waals surface area contributed by atoms with Crippen LogP contribution < -0.4 is 0 Å². The van der Waals surface area contributed by atoms with Crippen LogP contribution in [0.25, 0.3) is 10.7 Å². The average molecular weight is 283 g/mol. The normalized spacial score (nSPS) is 18.6. The number of thiophene rings is 1. The Kier molecular flexibility index (Phi) is 2.87. The minimum Gasteiger partial charge on any atom is -0.481 e. The first kappa shape index (κ1) is 11.7. The summed E-state index contributed by atoms with van der Waals surface area (Å²) in [6.07, 6.45) is 1.10. The van der Waals surface area contributed by atoms with Gasteiger partial charge in [0.05, 0.1) is 16.5 Å². The number of nitrogens with zero attached hydrogens (tertiary/aromatic N) is 2. The van der Waals surface area contributed by atoms with E-state index >= 15 is 0 Å². The molecule has 94 valence electrons. The molecule has 2 aromatic rings. The number of fused-ring (bicyclic) bond motifs is 1. The van der Waals surface area contributed by atoms with Gasteiger partial charge in [0.15, 0.2) is 11.0 Å². The second-order valence-electron chi connectivity index (χ2n) is 4.33. The molecule has 0 saturated carbocycles. The van der Waals surface area contributed by atoms with Gasteiger partial charge in [-0.15, -0.1) is 11.3 Å². The lowest BCUT2D eigenvalue weighted by Crippen LogP contribution is -2.25. The van der Waals surface area contributed by atoms with Gasteiger partial charge < -0.3 is 9.67 Å². The summed E-state index contributed by atoms with van der Waals surface area (Å²) < 4.78 is 2.05. The van der Waals surface area contributed by atoms with E-state index in [1.807, 2.05) is 22.1 Å². The van der Waals surface area contributed by atoms with Crippen LogP contribution >= 0.6 is 22.9 Å². The van der Waals surface area contributed by atoms with Crippen LogP contribution in [-0.2, 0) is 17.8 Å². The zero-order chi connectivity index (χ0) is 12.7. The van der Waals surface area contributed by atoms with Gasteiger partial charge in [0.2, 0.25) is 0 Å². The molecule has 1 N–H and O–H groups in total. The number of aliphatic carboxylic acids is 1. The van der Waals surface area contributed by atoms with E-state index in [0.717, 1.165) is 16.4 Å². The summed E-state index contributed by atoms with van der Waals surface area (Å²) in [5.74, 6) is -0.243. The van der Waals surface area contributed by atoms with Crippen molar-refractivity contribution < 1.29 is 9.90 Å². The Bertz CT molecular complexity index is 591. The molecule has 1 aliphatic rings. The Morgan fingerprint density at radius 2 is 2.44 bits per heavy atom. The van der Waals surface area contributed by atoms with Crippen molar-refractivity contribution >= 4 is 28.9 Å². The number of carbonyl (C=O) groups is 1. The van der Waals surface area contributed by atoms with Crippen molar-refractivity contribution in [2.75, 3.05) is 0 Å². The Labute approximate surface area is 113 Å².